The van der Waals surface area contributed by atoms with Gasteiger partial charge < -0.3 is 20.5 Å². The zero-order valence-electron chi connectivity index (χ0n) is 22.1. The highest BCUT2D eigenvalue weighted by molar-refractivity contribution is 5.84. The number of carbonyl (C=O) groups is 6. The first-order valence-corrected chi connectivity index (χ1v) is 11.3. The summed E-state index contributed by atoms with van der Waals surface area (Å²) < 4.78 is 10.3. The maximum absolute atomic E-state index is 12.7. The quantitative estimate of drug-likeness (QED) is 0.297. The van der Waals surface area contributed by atoms with Gasteiger partial charge in [-0.1, -0.05) is 6.92 Å². The number of amides is 4. The van der Waals surface area contributed by atoms with Crippen molar-refractivity contribution in [2.45, 2.75) is 91.9 Å². The minimum absolute atomic E-state index is 0.189. The molecule has 0 saturated carbocycles. The lowest BCUT2D eigenvalue weighted by molar-refractivity contribution is -0.262. The molecule has 0 rings (SSSR count). The molecule has 4 N–H and O–H groups in total. The zero-order chi connectivity index (χ0) is 28.3. The molecule has 0 aromatic carbocycles. The number of nitrogens with zero attached hydrogens (tertiary/aromatic N) is 1. The van der Waals surface area contributed by atoms with Gasteiger partial charge >= 0.3 is 24.1 Å². The van der Waals surface area contributed by atoms with E-state index < -0.39 is 71.9 Å². The molecule has 0 aromatic rings. The third kappa shape index (κ3) is 16.1. The smallest absolute Gasteiger partial charge is 0.426 e. The van der Waals surface area contributed by atoms with Gasteiger partial charge in [0.15, 0.2) is 0 Å². The van der Waals surface area contributed by atoms with Gasteiger partial charge in [-0.3, -0.25) is 9.59 Å². The number of alkyl carbamates (subject to hydrolysis) is 1. The molecule has 0 aliphatic rings. The summed E-state index contributed by atoms with van der Waals surface area (Å²) in [6.45, 7) is 12.7. The summed E-state index contributed by atoms with van der Waals surface area (Å²) in [5.74, 6) is -4.40. The maximum atomic E-state index is 12.7. The van der Waals surface area contributed by atoms with Crippen LogP contribution >= 0.6 is 0 Å². The first kappa shape index (κ1) is 32.4. The van der Waals surface area contributed by atoms with Crippen molar-refractivity contribution in [2.75, 3.05) is 6.54 Å². The third-order valence-electron chi connectivity index (χ3n) is 3.82. The highest BCUT2D eigenvalue weighted by Crippen LogP contribution is 2.10. The Hall–Kier alpha value is -3.58. The number of hydrogen-bond donors (Lipinski definition) is 3. The van der Waals surface area contributed by atoms with Crippen LogP contribution in [0.3, 0.4) is 0 Å². The van der Waals surface area contributed by atoms with E-state index in [1.54, 1.807) is 48.5 Å². The van der Waals surface area contributed by atoms with Crippen LogP contribution in [0.25, 0.3) is 0 Å². The first-order chi connectivity index (χ1) is 16.3. The summed E-state index contributed by atoms with van der Waals surface area (Å²) in [6.07, 6.45) is -2.90. The fourth-order valence-electron chi connectivity index (χ4n) is 2.39. The molecule has 0 aliphatic carbocycles. The van der Waals surface area contributed by atoms with Gasteiger partial charge in [0.25, 0.3) is 0 Å². The minimum atomic E-state index is -1.04. The van der Waals surface area contributed by atoms with Crippen LogP contribution in [0.2, 0.25) is 0 Å². The summed E-state index contributed by atoms with van der Waals surface area (Å²) in [5, 5.41) is 3.42. The number of nitrogens with two attached hydrogens (primary N) is 1. The maximum Gasteiger partial charge on any atom is 0.426 e. The summed E-state index contributed by atoms with van der Waals surface area (Å²) in [7, 11) is 0. The summed E-state index contributed by atoms with van der Waals surface area (Å²) in [4.78, 5) is 80.0. The molecular formula is C22H38N4O10. The van der Waals surface area contributed by atoms with Crippen LogP contribution in [0.1, 0.15) is 74.7 Å². The Labute approximate surface area is 210 Å². The van der Waals surface area contributed by atoms with E-state index in [0.29, 0.717) is 0 Å². The van der Waals surface area contributed by atoms with Crippen LogP contribution in [-0.4, -0.2) is 64.7 Å². The van der Waals surface area contributed by atoms with Gasteiger partial charge in [-0.2, -0.15) is 0 Å². The first-order valence-electron chi connectivity index (χ1n) is 11.3. The van der Waals surface area contributed by atoms with Crippen molar-refractivity contribution in [3.8, 4) is 0 Å². The molecule has 206 valence electrons. The van der Waals surface area contributed by atoms with E-state index in [2.05, 4.69) is 20.5 Å². The number of primary amides is 1. The van der Waals surface area contributed by atoms with Crippen molar-refractivity contribution in [2.24, 2.45) is 11.7 Å². The zero-order valence-corrected chi connectivity index (χ0v) is 22.1. The summed E-state index contributed by atoms with van der Waals surface area (Å²) >= 11 is 0. The number of hydrazine groups is 1. The lowest BCUT2D eigenvalue weighted by Gasteiger charge is -2.29. The Balaban J connectivity index is 5.04. The molecule has 0 aliphatic heterocycles. The molecule has 0 heterocycles. The van der Waals surface area contributed by atoms with Crippen molar-refractivity contribution in [3.05, 3.63) is 0 Å². The van der Waals surface area contributed by atoms with Crippen molar-refractivity contribution in [1.82, 2.24) is 15.8 Å². The average Bonchev–Trinajstić information content (AvgIpc) is 2.65. The van der Waals surface area contributed by atoms with E-state index in [9.17, 15) is 28.8 Å². The standard InChI is InChI=1S/C22H38N4O10/c1-13(11-15(23)27)18(30)36-35-17(29)10-9-16(28)26(25-20(32)34-22(6,7)8)12-14(2)24-19(31)33-21(3,4)5/h13-14H,9-12H2,1-8H3,(H2,23,27)(H,24,31)(H,25,32). The van der Waals surface area contributed by atoms with Crippen LogP contribution in [0.5, 0.6) is 0 Å². The van der Waals surface area contributed by atoms with Gasteiger partial charge in [0.1, 0.15) is 11.2 Å². The lowest BCUT2D eigenvalue weighted by atomic mass is 10.1. The molecule has 0 aromatic heterocycles. The number of carbonyl (C=O) groups excluding carboxylic acids is 6. The van der Waals surface area contributed by atoms with Crippen molar-refractivity contribution < 1.29 is 48.0 Å². The molecular weight excluding hydrogens is 480 g/mol. The Kier molecular flexibility index (Phi) is 12.7. The Bertz CT molecular complexity index is 817. The molecule has 14 heteroatoms. The van der Waals surface area contributed by atoms with Gasteiger partial charge in [-0.05, 0) is 48.5 Å². The largest absolute Gasteiger partial charge is 0.444 e. The fourth-order valence-corrected chi connectivity index (χ4v) is 2.39. The second-order valence-corrected chi connectivity index (χ2v) is 10.1. The fraction of sp³-hybridized carbons (Fsp3) is 0.727. The van der Waals surface area contributed by atoms with E-state index in [1.807, 2.05) is 0 Å². The van der Waals surface area contributed by atoms with Crippen LogP contribution < -0.4 is 16.5 Å². The number of rotatable bonds is 9. The SMILES string of the molecule is CC(CN(NC(=O)OC(C)(C)C)C(=O)CCC(=O)OOC(=O)C(C)CC(N)=O)NC(=O)OC(C)(C)C. The topological polar surface area (TPSA) is 193 Å². The average molecular weight is 519 g/mol. The third-order valence-corrected chi connectivity index (χ3v) is 3.82. The van der Waals surface area contributed by atoms with Crippen molar-refractivity contribution in [1.29, 1.82) is 0 Å². The number of ether oxygens (including phenoxy) is 2. The van der Waals surface area contributed by atoms with Crippen molar-refractivity contribution in [3.63, 3.8) is 0 Å². The molecule has 0 spiro atoms. The van der Waals surface area contributed by atoms with Crippen LogP contribution in [0, 0.1) is 5.92 Å². The van der Waals surface area contributed by atoms with Gasteiger partial charge in [-0.25, -0.2) is 39.4 Å². The number of nitrogens with one attached hydrogen (secondary N) is 2. The predicted octanol–water partition coefficient (Wildman–Crippen LogP) is 1.46. The van der Waals surface area contributed by atoms with E-state index in [1.165, 1.54) is 6.92 Å². The van der Waals surface area contributed by atoms with Crippen LogP contribution in [0.15, 0.2) is 0 Å². The van der Waals surface area contributed by atoms with Gasteiger partial charge in [0.05, 0.1) is 18.9 Å². The normalized spacial score (nSPS) is 12.9. The van der Waals surface area contributed by atoms with E-state index in [4.69, 9.17) is 15.2 Å². The van der Waals surface area contributed by atoms with Crippen LogP contribution in [0.4, 0.5) is 9.59 Å². The number of hydrogen-bond acceptors (Lipinski definition) is 10. The van der Waals surface area contributed by atoms with Crippen molar-refractivity contribution >= 4 is 35.9 Å². The monoisotopic (exact) mass is 518 g/mol. The Morgan fingerprint density at radius 3 is 1.86 bits per heavy atom. The molecule has 36 heavy (non-hydrogen) atoms. The summed E-state index contributed by atoms with van der Waals surface area (Å²) in [6, 6.07) is -0.668. The molecule has 0 bridgehead atoms. The molecule has 0 saturated heterocycles. The molecule has 2 unspecified atom stereocenters. The molecule has 0 radical (unpaired) electrons. The van der Waals surface area contributed by atoms with Crippen LogP contribution in [-0.2, 0) is 38.4 Å². The van der Waals surface area contributed by atoms with E-state index >= 15 is 0 Å². The van der Waals surface area contributed by atoms with Gasteiger partial charge in [-0.15, -0.1) is 0 Å². The molecule has 0 fully saturated rings. The second kappa shape index (κ2) is 14.1. The predicted molar refractivity (Wildman–Crippen MR) is 124 cm³/mol. The molecule has 14 nitrogen and oxygen atoms in total. The summed E-state index contributed by atoms with van der Waals surface area (Å²) in [5.41, 5.74) is 5.68. The van der Waals surface area contributed by atoms with Gasteiger partial charge in [0.2, 0.25) is 11.8 Å². The highest BCUT2D eigenvalue weighted by Gasteiger charge is 2.26. The van der Waals surface area contributed by atoms with Gasteiger partial charge in [0, 0.05) is 18.9 Å². The molecule has 4 amide bonds. The Morgan fingerprint density at radius 1 is 0.833 bits per heavy atom. The molecule has 2 atom stereocenters. The highest BCUT2D eigenvalue weighted by atomic mass is 17.2. The van der Waals surface area contributed by atoms with E-state index in [0.717, 1.165) is 5.01 Å². The van der Waals surface area contributed by atoms with E-state index in [-0.39, 0.29) is 13.0 Å². The second-order valence-electron chi connectivity index (χ2n) is 10.1. The minimum Gasteiger partial charge on any atom is -0.444 e. The Morgan fingerprint density at radius 2 is 1.36 bits per heavy atom. The lowest BCUT2D eigenvalue weighted by Crippen LogP contribution is -2.53.